The molecule has 0 aliphatic rings. The van der Waals surface area contributed by atoms with Gasteiger partial charge in [-0.15, -0.1) is 0 Å². The van der Waals surface area contributed by atoms with E-state index in [-0.39, 0.29) is 0 Å². The molecule has 0 radical (unpaired) electrons. The van der Waals surface area contributed by atoms with Gasteiger partial charge in [0.15, 0.2) is 0 Å². The fourth-order valence-corrected chi connectivity index (χ4v) is 9.28. The maximum atomic E-state index is 2.42. The van der Waals surface area contributed by atoms with E-state index in [4.69, 9.17) is 0 Å². The molecule has 0 N–H and O–H groups in total. The highest BCUT2D eigenvalue weighted by molar-refractivity contribution is 6.12. The van der Waals surface area contributed by atoms with Crippen LogP contribution in [-0.2, 0) is 0 Å². The Morgan fingerprint density at radius 3 is 0.803 bits per heavy atom. The topological polar surface area (TPSA) is 4.93 Å². The summed E-state index contributed by atoms with van der Waals surface area (Å²) < 4.78 is 2.42. The molecule has 0 saturated carbocycles. The molecule has 1 heterocycles. The number of rotatable bonds is 6. The lowest BCUT2D eigenvalue weighted by Gasteiger charge is -2.11. The number of nitrogens with zero attached hydrogens (tertiary/aromatic N) is 1. The normalized spacial score (nSPS) is 11.6. The van der Waals surface area contributed by atoms with E-state index in [2.05, 4.69) is 241 Å². The van der Waals surface area contributed by atoms with Gasteiger partial charge >= 0.3 is 0 Å². The molecule has 0 aliphatic carbocycles. The summed E-state index contributed by atoms with van der Waals surface area (Å²) in [4.78, 5) is 0. The Kier molecular flexibility index (Phi) is 8.25. The molecule has 12 rings (SSSR count). The van der Waals surface area contributed by atoms with Crippen molar-refractivity contribution in [2.24, 2.45) is 0 Å². The van der Waals surface area contributed by atoms with Crippen molar-refractivity contribution in [3.8, 4) is 61.3 Å². The van der Waals surface area contributed by atoms with E-state index < -0.39 is 0 Å². The Bertz CT molecular complexity index is 3430. The molecule has 1 aromatic heterocycles. The molecule has 0 amide bonds. The first-order chi connectivity index (χ1) is 30.2. The van der Waals surface area contributed by atoms with Crippen molar-refractivity contribution in [3.63, 3.8) is 0 Å². The minimum Gasteiger partial charge on any atom is -0.309 e. The maximum absolute atomic E-state index is 2.42. The number of hydrogen-bond acceptors (Lipinski definition) is 0. The first kappa shape index (κ1) is 35.0. The summed E-state index contributed by atoms with van der Waals surface area (Å²) in [5.74, 6) is 0. The van der Waals surface area contributed by atoms with E-state index in [0.717, 1.165) is 5.69 Å². The second-order valence-electron chi connectivity index (χ2n) is 16.2. The van der Waals surface area contributed by atoms with E-state index in [0.29, 0.717) is 0 Å². The summed E-state index contributed by atoms with van der Waals surface area (Å²) in [6.45, 7) is 0. The molecule has 61 heavy (non-hydrogen) atoms. The monoisotopic (exact) mass is 773 g/mol. The van der Waals surface area contributed by atoms with E-state index in [1.54, 1.807) is 0 Å². The van der Waals surface area contributed by atoms with Crippen molar-refractivity contribution in [3.05, 3.63) is 237 Å². The molecular weight excluding hydrogens is 735 g/mol. The van der Waals surface area contributed by atoms with Crippen molar-refractivity contribution < 1.29 is 0 Å². The second-order valence-corrected chi connectivity index (χ2v) is 16.2. The number of hydrogen-bond donors (Lipinski definition) is 0. The molecule has 0 saturated heterocycles. The largest absolute Gasteiger partial charge is 0.309 e. The Balaban J connectivity index is 0.946. The van der Waals surface area contributed by atoms with Crippen LogP contribution in [0, 0.1) is 0 Å². The van der Waals surface area contributed by atoms with Crippen LogP contribution in [0.3, 0.4) is 0 Å². The van der Waals surface area contributed by atoms with Crippen LogP contribution in [-0.4, -0.2) is 4.57 Å². The van der Waals surface area contributed by atoms with Gasteiger partial charge in [0.2, 0.25) is 0 Å². The standard InChI is InChI=1S/C60H39N/c1-4-10-48-35-51(24-21-40(48)7-1)43-13-17-45(18-14-43)54-29-33-59-57(38-54)58-39-55(46-19-15-44(16-20-46)52-25-22-41-8-2-5-11-49(41)36-52)30-34-60(58)61(59)56-31-27-47(28-32-56)53-26-23-42-9-3-6-12-50(42)37-53/h1-39H. The first-order valence-electron chi connectivity index (χ1n) is 21.1. The SMILES string of the molecule is c1ccc2cc(-c3ccc(-c4ccc5c(c4)c4cc(-c6ccc(-c7ccc8ccccc8c7)cc6)ccc4n5-c4ccc(-c5ccc6ccccc6c5)cc4)cc3)ccc2c1. The van der Waals surface area contributed by atoms with E-state index in [1.807, 2.05) is 0 Å². The molecule has 12 aromatic rings. The van der Waals surface area contributed by atoms with Gasteiger partial charge in [0, 0.05) is 16.5 Å². The van der Waals surface area contributed by atoms with Crippen LogP contribution in [0.2, 0.25) is 0 Å². The molecule has 0 fully saturated rings. The Labute approximate surface area is 355 Å². The van der Waals surface area contributed by atoms with E-state index >= 15 is 0 Å². The second kappa shape index (κ2) is 14.4. The Morgan fingerprint density at radius 2 is 0.459 bits per heavy atom. The summed E-state index contributed by atoms with van der Waals surface area (Å²) in [5.41, 5.74) is 15.7. The van der Waals surface area contributed by atoms with Gasteiger partial charge in [-0.1, -0.05) is 182 Å². The smallest absolute Gasteiger partial charge is 0.0541 e. The summed E-state index contributed by atoms with van der Waals surface area (Å²) in [6, 6.07) is 86.9. The van der Waals surface area contributed by atoms with E-state index in [1.165, 1.54) is 110 Å². The molecule has 284 valence electrons. The number of fused-ring (bicyclic) bond motifs is 6. The molecule has 0 unspecified atom stereocenters. The zero-order chi connectivity index (χ0) is 40.3. The van der Waals surface area contributed by atoms with Crippen LogP contribution in [0.4, 0.5) is 0 Å². The summed E-state index contributed by atoms with van der Waals surface area (Å²) in [5, 5.41) is 10.0. The van der Waals surface area contributed by atoms with Crippen LogP contribution in [0.15, 0.2) is 237 Å². The zero-order valence-corrected chi connectivity index (χ0v) is 33.5. The quantitative estimate of drug-likeness (QED) is 0.159. The van der Waals surface area contributed by atoms with Crippen molar-refractivity contribution >= 4 is 54.1 Å². The minimum atomic E-state index is 1.14. The fourth-order valence-electron chi connectivity index (χ4n) is 9.28. The van der Waals surface area contributed by atoms with Gasteiger partial charge in [0.05, 0.1) is 11.0 Å². The maximum Gasteiger partial charge on any atom is 0.0541 e. The van der Waals surface area contributed by atoms with Gasteiger partial charge in [-0.25, -0.2) is 0 Å². The first-order valence-corrected chi connectivity index (χ1v) is 21.1. The molecule has 11 aromatic carbocycles. The summed E-state index contributed by atoms with van der Waals surface area (Å²) in [6.07, 6.45) is 0. The Hall–Kier alpha value is -8.00. The van der Waals surface area contributed by atoms with Crippen LogP contribution < -0.4 is 0 Å². The van der Waals surface area contributed by atoms with Gasteiger partial charge in [-0.05, 0) is 143 Å². The van der Waals surface area contributed by atoms with Crippen molar-refractivity contribution in [1.82, 2.24) is 4.57 Å². The van der Waals surface area contributed by atoms with Gasteiger partial charge in [0.25, 0.3) is 0 Å². The van der Waals surface area contributed by atoms with Crippen LogP contribution >= 0.6 is 0 Å². The fraction of sp³-hybridized carbons (Fsp3) is 0. The average molecular weight is 774 g/mol. The predicted octanol–water partition coefficient (Wildman–Crippen LogP) is 16.6. The lowest BCUT2D eigenvalue weighted by molar-refractivity contribution is 1.18. The van der Waals surface area contributed by atoms with Crippen molar-refractivity contribution in [2.45, 2.75) is 0 Å². The molecule has 0 aliphatic heterocycles. The van der Waals surface area contributed by atoms with Crippen molar-refractivity contribution in [2.75, 3.05) is 0 Å². The minimum absolute atomic E-state index is 1.14. The molecule has 1 nitrogen and oxygen atoms in total. The third-order valence-electron chi connectivity index (χ3n) is 12.6. The third kappa shape index (κ3) is 6.27. The highest BCUT2D eigenvalue weighted by Gasteiger charge is 2.16. The third-order valence-corrected chi connectivity index (χ3v) is 12.6. The van der Waals surface area contributed by atoms with Gasteiger partial charge in [-0.3, -0.25) is 0 Å². The number of aromatic nitrogens is 1. The molecule has 0 spiro atoms. The van der Waals surface area contributed by atoms with Crippen LogP contribution in [0.1, 0.15) is 0 Å². The van der Waals surface area contributed by atoms with Gasteiger partial charge in [0.1, 0.15) is 0 Å². The van der Waals surface area contributed by atoms with Gasteiger partial charge < -0.3 is 4.57 Å². The highest BCUT2D eigenvalue weighted by Crippen LogP contribution is 2.39. The molecule has 0 bridgehead atoms. The molecule has 1 heteroatoms. The Morgan fingerprint density at radius 1 is 0.197 bits per heavy atom. The highest BCUT2D eigenvalue weighted by atomic mass is 15.0. The predicted molar refractivity (Wildman–Crippen MR) is 260 cm³/mol. The van der Waals surface area contributed by atoms with Crippen LogP contribution in [0.5, 0.6) is 0 Å². The summed E-state index contributed by atoms with van der Waals surface area (Å²) >= 11 is 0. The number of benzene rings is 11. The van der Waals surface area contributed by atoms with E-state index in [9.17, 15) is 0 Å². The lowest BCUT2D eigenvalue weighted by atomic mass is 9.96. The lowest BCUT2D eigenvalue weighted by Crippen LogP contribution is -1.94. The van der Waals surface area contributed by atoms with Crippen LogP contribution in [0.25, 0.3) is 115 Å². The molecular formula is C60H39N. The molecule has 0 atom stereocenters. The summed E-state index contributed by atoms with van der Waals surface area (Å²) in [7, 11) is 0. The van der Waals surface area contributed by atoms with Gasteiger partial charge in [-0.2, -0.15) is 0 Å². The van der Waals surface area contributed by atoms with Crippen molar-refractivity contribution in [1.29, 1.82) is 0 Å². The zero-order valence-electron chi connectivity index (χ0n) is 33.5. The average Bonchev–Trinajstić information content (AvgIpc) is 3.66.